The Balaban J connectivity index is 1.67. The quantitative estimate of drug-likeness (QED) is 0.602. The van der Waals surface area contributed by atoms with Crippen LogP contribution in [-0.2, 0) is 0 Å². The van der Waals surface area contributed by atoms with Crippen molar-refractivity contribution in [3.05, 3.63) is 71.1 Å². The average Bonchev–Trinajstić information content (AvgIpc) is 3.20. The largest absolute Gasteiger partial charge is 0.335 e. The van der Waals surface area contributed by atoms with Crippen molar-refractivity contribution < 1.29 is 9.18 Å². The Morgan fingerprint density at radius 3 is 2.37 bits per heavy atom. The number of hydrogen-bond acceptors (Lipinski definition) is 3. The first-order valence-electron chi connectivity index (χ1n) is 9.62. The van der Waals surface area contributed by atoms with Gasteiger partial charge in [0.15, 0.2) is 5.69 Å². The molecular weight excluding hydrogens is 403 g/mol. The van der Waals surface area contributed by atoms with Crippen molar-refractivity contribution >= 4 is 17.5 Å². The summed E-state index contributed by atoms with van der Waals surface area (Å²) in [6, 6.07) is 15.1. The van der Waals surface area contributed by atoms with Crippen molar-refractivity contribution in [2.45, 2.75) is 0 Å². The van der Waals surface area contributed by atoms with Crippen LogP contribution < -0.4 is 0 Å². The maximum atomic E-state index is 13.4. The van der Waals surface area contributed by atoms with Crippen LogP contribution in [0.3, 0.4) is 0 Å². The second-order valence-corrected chi connectivity index (χ2v) is 7.52. The zero-order valence-electron chi connectivity index (χ0n) is 16.3. The van der Waals surface area contributed by atoms with Gasteiger partial charge in [0.05, 0.1) is 17.9 Å². The third-order valence-electron chi connectivity index (χ3n) is 5.11. The van der Waals surface area contributed by atoms with Crippen molar-refractivity contribution in [3.8, 4) is 29.3 Å². The molecule has 5 nitrogen and oxygen atoms in total. The lowest BCUT2D eigenvalue weighted by Gasteiger charge is -2.33. The van der Waals surface area contributed by atoms with Crippen LogP contribution in [0.4, 0.5) is 4.39 Å². The molecule has 4 rings (SSSR count). The molecule has 7 heteroatoms. The van der Waals surface area contributed by atoms with Gasteiger partial charge in [0.2, 0.25) is 0 Å². The molecule has 2 aromatic carbocycles. The van der Waals surface area contributed by atoms with E-state index in [1.807, 2.05) is 12.1 Å². The fourth-order valence-corrected chi connectivity index (χ4v) is 3.62. The highest BCUT2D eigenvalue weighted by molar-refractivity contribution is 6.30. The molecule has 1 aliphatic heterocycles. The molecule has 152 valence electrons. The van der Waals surface area contributed by atoms with Gasteiger partial charge in [-0.15, -0.1) is 6.42 Å². The number of carbonyl (C=O) groups is 1. The number of benzene rings is 2. The summed E-state index contributed by atoms with van der Waals surface area (Å²) in [7, 11) is 0. The molecule has 0 aliphatic carbocycles. The van der Waals surface area contributed by atoms with Crippen LogP contribution in [0, 0.1) is 18.2 Å². The maximum absolute atomic E-state index is 13.4. The maximum Gasteiger partial charge on any atom is 0.274 e. The molecule has 1 fully saturated rings. The van der Waals surface area contributed by atoms with Crippen molar-refractivity contribution in [2.75, 3.05) is 32.7 Å². The summed E-state index contributed by atoms with van der Waals surface area (Å²) >= 11 is 6.02. The van der Waals surface area contributed by atoms with Crippen molar-refractivity contribution in [2.24, 2.45) is 0 Å². The third-order valence-corrected chi connectivity index (χ3v) is 5.37. The molecule has 30 heavy (non-hydrogen) atoms. The van der Waals surface area contributed by atoms with E-state index in [1.54, 1.807) is 39.9 Å². The summed E-state index contributed by atoms with van der Waals surface area (Å²) in [4.78, 5) is 17.0. The predicted octanol–water partition coefficient (Wildman–Crippen LogP) is 3.72. The van der Waals surface area contributed by atoms with Crippen LogP contribution in [0.2, 0.25) is 5.02 Å². The minimum Gasteiger partial charge on any atom is -0.335 e. The number of hydrogen-bond donors (Lipinski definition) is 0. The van der Waals surface area contributed by atoms with Crippen LogP contribution in [0.1, 0.15) is 10.5 Å². The van der Waals surface area contributed by atoms with E-state index in [4.69, 9.17) is 18.0 Å². The van der Waals surface area contributed by atoms with Gasteiger partial charge < -0.3 is 4.90 Å². The van der Waals surface area contributed by atoms with Gasteiger partial charge in [-0.1, -0.05) is 29.7 Å². The molecule has 0 spiro atoms. The first-order valence-corrected chi connectivity index (χ1v) is 10.00. The van der Waals surface area contributed by atoms with Gasteiger partial charge in [0.25, 0.3) is 5.91 Å². The molecule has 2 heterocycles. The van der Waals surface area contributed by atoms with E-state index in [0.29, 0.717) is 36.0 Å². The number of aromatic nitrogens is 2. The number of carbonyl (C=O) groups excluding carboxylic acids is 1. The topological polar surface area (TPSA) is 41.4 Å². The van der Waals surface area contributed by atoms with E-state index >= 15 is 0 Å². The van der Waals surface area contributed by atoms with Crippen molar-refractivity contribution in [1.82, 2.24) is 19.6 Å². The lowest BCUT2D eigenvalue weighted by molar-refractivity contribution is 0.0646. The van der Waals surface area contributed by atoms with Crippen LogP contribution in [0.15, 0.2) is 54.6 Å². The predicted molar refractivity (Wildman–Crippen MR) is 115 cm³/mol. The standard InChI is InChI=1S/C23H20ClFN4O/c1-2-11-27-12-14-28(15-13-27)23(30)21-16-22(17-3-5-18(24)6-4-17)29(26-21)20-9-7-19(25)8-10-20/h1,3-10,16H,11-15H2. The van der Waals surface area contributed by atoms with Gasteiger partial charge in [-0.3, -0.25) is 9.69 Å². The number of terminal acetylenes is 1. The minimum atomic E-state index is -0.333. The van der Waals surface area contributed by atoms with Gasteiger partial charge in [0.1, 0.15) is 5.82 Å². The Kier molecular flexibility index (Phi) is 5.84. The number of amides is 1. The lowest BCUT2D eigenvalue weighted by atomic mass is 10.1. The molecule has 0 N–H and O–H groups in total. The van der Waals surface area contributed by atoms with Crippen LogP contribution in [0.5, 0.6) is 0 Å². The smallest absolute Gasteiger partial charge is 0.274 e. The first-order chi connectivity index (χ1) is 14.5. The monoisotopic (exact) mass is 422 g/mol. The zero-order valence-corrected chi connectivity index (χ0v) is 17.0. The Morgan fingerprint density at radius 1 is 1.07 bits per heavy atom. The highest BCUT2D eigenvalue weighted by Gasteiger charge is 2.25. The molecule has 0 bridgehead atoms. The molecule has 0 radical (unpaired) electrons. The van der Waals surface area contributed by atoms with Crippen LogP contribution >= 0.6 is 11.6 Å². The highest BCUT2D eigenvalue weighted by Crippen LogP contribution is 2.26. The normalized spacial score (nSPS) is 14.5. The zero-order chi connectivity index (χ0) is 21.1. The molecule has 1 aromatic heterocycles. The summed E-state index contributed by atoms with van der Waals surface area (Å²) in [6.07, 6.45) is 5.38. The summed E-state index contributed by atoms with van der Waals surface area (Å²) in [5, 5.41) is 5.18. The van der Waals surface area contributed by atoms with E-state index in [-0.39, 0.29) is 11.7 Å². The molecule has 0 atom stereocenters. The van der Waals surface area contributed by atoms with E-state index < -0.39 is 0 Å². The Labute approximate surface area is 179 Å². The van der Waals surface area contributed by atoms with Crippen molar-refractivity contribution in [1.29, 1.82) is 0 Å². The number of nitrogens with zero attached hydrogens (tertiary/aromatic N) is 4. The average molecular weight is 423 g/mol. The number of rotatable bonds is 4. The number of piperazine rings is 1. The van der Waals surface area contributed by atoms with Crippen LogP contribution in [-0.4, -0.2) is 58.2 Å². The van der Waals surface area contributed by atoms with E-state index in [2.05, 4.69) is 15.9 Å². The summed E-state index contributed by atoms with van der Waals surface area (Å²) in [5.74, 6) is 2.17. The Hall–Kier alpha value is -3.14. The molecule has 1 saturated heterocycles. The highest BCUT2D eigenvalue weighted by atomic mass is 35.5. The molecule has 1 amide bonds. The van der Waals surface area contributed by atoms with Gasteiger partial charge in [-0.25, -0.2) is 9.07 Å². The van der Waals surface area contributed by atoms with Gasteiger partial charge >= 0.3 is 0 Å². The summed E-state index contributed by atoms with van der Waals surface area (Å²) < 4.78 is 15.1. The van der Waals surface area contributed by atoms with Crippen molar-refractivity contribution in [3.63, 3.8) is 0 Å². The Morgan fingerprint density at radius 2 is 1.73 bits per heavy atom. The SMILES string of the molecule is C#CCN1CCN(C(=O)c2cc(-c3ccc(Cl)cc3)n(-c3ccc(F)cc3)n2)CC1. The first kappa shape index (κ1) is 20.1. The molecule has 0 saturated carbocycles. The van der Waals surface area contributed by atoms with E-state index in [0.717, 1.165) is 24.3 Å². The molecule has 0 unspecified atom stereocenters. The van der Waals surface area contributed by atoms with Crippen LogP contribution in [0.25, 0.3) is 16.9 Å². The molecule has 3 aromatic rings. The number of halogens is 2. The molecule has 1 aliphatic rings. The Bertz CT molecular complexity index is 1010. The fourth-order valence-electron chi connectivity index (χ4n) is 3.49. The summed E-state index contributed by atoms with van der Waals surface area (Å²) in [5.41, 5.74) is 2.59. The van der Waals surface area contributed by atoms with Gasteiger partial charge in [-0.05, 0) is 42.5 Å². The third kappa shape index (κ3) is 4.23. The van der Waals surface area contributed by atoms with Gasteiger partial charge in [-0.2, -0.15) is 5.10 Å². The van der Waals surface area contributed by atoms with E-state index in [9.17, 15) is 9.18 Å². The minimum absolute atomic E-state index is 0.133. The second-order valence-electron chi connectivity index (χ2n) is 7.08. The summed E-state index contributed by atoms with van der Waals surface area (Å²) in [6.45, 7) is 3.25. The molecular formula is C23H20ClFN4O. The lowest BCUT2D eigenvalue weighted by Crippen LogP contribution is -2.48. The van der Waals surface area contributed by atoms with E-state index in [1.165, 1.54) is 12.1 Å². The second kappa shape index (κ2) is 8.70. The fraction of sp³-hybridized carbons (Fsp3) is 0.217. The van der Waals surface area contributed by atoms with Gasteiger partial charge in [0, 0.05) is 36.8 Å².